The molecule has 1 N–H and O–H groups in total. The van der Waals surface area contributed by atoms with Gasteiger partial charge in [-0.25, -0.2) is 4.68 Å². The normalized spacial score (nSPS) is 16.9. The number of alkyl halides is 3. The van der Waals surface area contributed by atoms with Gasteiger partial charge in [0.15, 0.2) is 0 Å². The van der Waals surface area contributed by atoms with Crippen LogP contribution in [0.3, 0.4) is 0 Å². The van der Waals surface area contributed by atoms with E-state index < -0.39 is 11.7 Å². The smallest absolute Gasteiger partial charge is 0.371 e. The quantitative estimate of drug-likeness (QED) is 0.400. The lowest BCUT2D eigenvalue weighted by molar-refractivity contribution is -0.137. The summed E-state index contributed by atoms with van der Waals surface area (Å²) in [6.45, 7) is 2.96. The summed E-state index contributed by atoms with van der Waals surface area (Å²) in [6.07, 6.45) is -2.54. The van der Waals surface area contributed by atoms with Crippen LogP contribution in [0.4, 0.5) is 13.2 Å². The molecule has 0 spiro atoms. The Hall–Kier alpha value is -3.16. The van der Waals surface area contributed by atoms with Gasteiger partial charge in [0.05, 0.1) is 35.6 Å². The van der Waals surface area contributed by atoms with Crippen LogP contribution in [0.1, 0.15) is 28.3 Å². The van der Waals surface area contributed by atoms with Crippen LogP contribution in [-0.4, -0.2) is 22.5 Å². The maximum atomic E-state index is 13.1. The van der Waals surface area contributed by atoms with Gasteiger partial charge in [-0.05, 0) is 42.3 Å². The molecule has 0 radical (unpaired) electrons. The Morgan fingerprint density at radius 2 is 1.84 bits per heavy atom. The molecule has 4 aromatic rings. The fourth-order valence-electron chi connectivity index (χ4n) is 4.01. The predicted octanol–water partition coefficient (Wildman–Crippen LogP) is 5.58. The molecule has 0 amide bonds. The van der Waals surface area contributed by atoms with Gasteiger partial charge in [-0.3, -0.25) is 0 Å². The molecular weight excluding hydrogens is 415 g/mol. The molecule has 0 saturated carbocycles. The summed E-state index contributed by atoms with van der Waals surface area (Å²) in [5.41, 5.74) is 4.08. The SMILES string of the molecule is Cc1ccc(-n2ncc3c(C(NCc4cccc(C(F)(F)F)c4)C4CO4)cccc32)cc1. The molecule has 5 rings (SSSR count). The monoisotopic (exact) mass is 437 g/mol. The van der Waals surface area contributed by atoms with Crippen LogP contribution in [0.2, 0.25) is 0 Å². The van der Waals surface area contributed by atoms with Gasteiger partial charge < -0.3 is 10.1 Å². The standard InChI is InChI=1S/C25H22F3N3O/c1-16-8-10-19(11-9-16)31-22-7-3-6-20(21(22)14-30-31)24(23-15-32-23)29-13-17-4-2-5-18(12-17)25(26,27)28/h2-12,14,23-24,29H,13,15H2,1H3. The molecule has 2 atom stereocenters. The third-order valence-electron chi connectivity index (χ3n) is 5.77. The van der Waals surface area contributed by atoms with E-state index in [0.29, 0.717) is 18.7 Å². The average Bonchev–Trinajstić information content (AvgIpc) is 3.52. The van der Waals surface area contributed by atoms with Gasteiger partial charge in [0.25, 0.3) is 0 Å². The lowest BCUT2D eigenvalue weighted by atomic mass is 9.99. The number of ether oxygens (including phenoxy) is 1. The largest absolute Gasteiger partial charge is 0.416 e. The van der Waals surface area contributed by atoms with E-state index in [4.69, 9.17) is 4.74 Å². The first-order valence-electron chi connectivity index (χ1n) is 10.4. The molecule has 3 aromatic carbocycles. The number of hydrogen-bond donors (Lipinski definition) is 1. The number of fused-ring (bicyclic) bond motifs is 1. The highest BCUT2D eigenvalue weighted by molar-refractivity contribution is 5.84. The first kappa shape index (κ1) is 20.7. The van der Waals surface area contributed by atoms with Crippen molar-refractivity contribution in [3.05, 3.63) is 95.2 Å². The van der Waals surface area contributed by atoms with Crippen molar-refractivity contribution in [1.82, 2.24) is 15.1 Å². The van der Waals surface area contributed by atoms with Gasteiger partial charge in [0.1, 0.15) is 6.10 Å². The maximum absolute atomic E-state index is 13.1. The highest BCUT2D eigenvalue weighted by Crippen LogP contribution is 2.34. The zero-order chi connectivity index (χ0) is 22.3. The molecule has 1 aliphatic heterocycles. The van der Waals surface area contributed by atoms with Crippen molar-refractivity contribution in [2.45, 2.75) is 31.8 Å². The Kier molecular flexibility index (Phi) is 5.23. The summed E-state index contributed by atoms with van der Waals surface area (Å²) < 4.78 is 46.7. The van der Waals surface area contributed by atoms with Gasteiger partial charge in [-0.2, -0.15) is 18.3 Å². The van der Waals surface area contributed by atoms with E-state index in [2.05, 4.69) is 10.4 Å². The molecular formula is C25H22F3N3O. The van der Waals surface area contributed by atoms with Crippen LogP contribution >= 0.6 is 0 Å². The number of epoxide rings is 1. The van der Waals surface area contributed by atoms with Crippen molar-refractivity contribution in [3.8, 4) is 5.69 Å². The maximum Gasteiger partial charge on any atom is 0.416 e. The van der Waals surface area contributed by atoms with Crippen LogP contribution in [-0.2, 0) is 17.5 Å². The number of aromatic nitrogens is 2. The molecule has 1 aliphatic rings. The fourth-order valence-corrected chi connectivity index (χ4v) is 4.01. The Morgan fingerprint density at radius 1 is 1.09 bits per heavy atom. The van der Waals surface area contributed by atoms with Crippen molar-refractivity contribution in [2.24, 2.45) is 0 Å². The number of nitrogens with one attached hydrogen (secondary N) is 1. The molecule has 4 nitrogen and oxygen atoms in total. The molecule has 2 unspecified atom stereocenters. The molecule has 7 heteroatoms. The van der Waals surface area contributed by atoms with Gasteiger partial charge in [0, 0.05) is 11.9 Å². The first-order chi connectivity index (χ1) is 15.4. The number of halogens is 3. The summed E-state index contributed by atoms with van der Waals surface area (Å²) in [4.78, 5) is 0. The second-order valence-electron chi connectivity index (χ2n) is 8.10. The summed E-state index contributed by atoms with van der Waals surface area (Å²) in [6, 6.07) is 19.4. The number of aryl methyl sites for hydroxylation is 1. The van der Waals surface area contributed by atoms with Crippen LogP contribution in [0.5, 0.6) is 0 Å². The van der Waals surface area contributed by atoms with Crippen molar-refractivity contribution in [2.75, 3.05) is 6.61 Å². The zero-order valence-electron chi connectivity index (χ0n) is 17.4. The molecule has 164 valence electrons. The van der Waals surface area contributed by atoms with E-state index in [9.17, 15) is 13.2 Å². The van der Waals surface area contributed by atoms with Crippen molar-refractivity contribution in [1.29, 1.82) is 0 Å². The molecule has 32 heavy (non-hydrogen) atoms. The minimum absolute atomic E-state index is 0.0193. The van der Waals surface area contributed by atoms with E-state index in [1.807, 2.05) is 60.3 Å². The Balaban J connectivity index is 1.44. The van der Waals surface area contributed by atoms with Crippen molar-refractivity contribution in [3.63, 3.8) is 0 Å². The van der Waals surface area contributed by atoms with E-state index >= 15 is 0 Å². The second-order valence-corrected chi connectivity index (χ2v) is 8.10. The first-order valence-corrected chi connectivity index (χ1v) is 10.4. The third kappa shape index (κ3) is 4.13. The Labute approximate surface area is 183 Å². The van der Waals surface area contributed by atoms with Crippen LogP contribution in [0, 0.1) is 6.92 Å². The van der Waals surface area contributed by atoms with Gasteiger partial charge in [-0.15, -0.1) is 0 Å². The number of benzene rings is 3. The fraction of sp³-hybridized carbons (Fsp3) is 0.240. The lowest BCUT2D eigenvalue weighted by Gasteiger charge is -2.19. The molecule has 0 bridgehead atoms. The van der Waals surface area contributed by atoms with Crippen molar-refractivity contribution < 1.29 is 17.9 Å². The third-order valence-corrected chi connectivity index (χ3v) is 5.77. The van der Waals surface area contributed by atoms with Gasteiger partial charge in [0.2, 0.25) is 0 Å². The number of hydrogen-bond acceptors (Lipinski definition) is 3. The molecule has 0 aliphatic carbocycles. The lowest BCUT2D eigenvalue weighted by Crippen LogP contribution is -2.26. The van der Waals surface area contributed by atoms with E-state index in [0.717, 1.165) is 28.2 Å². The molecule has 1 aromatic heterocycles. The zero-order valence-corrected chi connectivity index (χ0v) is 17.4. The summed E-state index contributed by atoms with van der Waals surface area (Å²) in [7, 11) is 0. The summed E-state index contributed by atoms with van der Waals surface area (Å²) in [5.74, 6) is 0. The predicted molar refractivity (Wildman–Crippen MR) is 117 cm³/mol. The van der Waals surface area contributed by atoms with E-state index in [1.54, 1.807) is 6.07 Å². The minimum atomic E-state index is -4.36. The minimum Gasteiger partial charge on any atom is -0.371 e. The highest BCUT2D eigenvalue weighted by Gasteiger charge is 2.35. The average molecular weight is 437 g/mol. The van der Waals surface area contributed by atoms with E-state index in [1.165, 1.54) is 17.7 Å². The number of nitrogens with zero attached hydrogens (tertiary/aromatic N) is 2. The Bertz CT molecular complexity index is 1240. The molecule has 2 heterocycles. The van der Waals surface area contributed by atoms with Crippen LogP contribution in [0.15, 0.2) is 72.9 Å². The van der Waals surface area contributed by atoms with E-state index in [-0.39, 0.29) is 12.1 Å². The number of rotatable bonds is 6. The summed E-state index contributed by atoms with van der Waals surface area (Å²) in [5, 5.41) is 9.00. The molecule has 1 saturated heterocycles. The van der Waals surface area contributed by atoms with Crippen LogP contribution in [0.25, 0.3) is 16.6 Å². The molecule has 1 fully saturated rings. The Morgan fingerprint density at radius 3 is 2.56 bits per heavy atom. The highest BCUT2D eigenvalue weighted by atomic mass is 19.4. The van der Waals surface area contributed by atoms with Gasteiger partial charge >= 0.3 is 6.18 Å². The second kappa shape index (κ2) is 8.07. The summed E-state index contributed by atoms with van der Waals surface area (Å²) >= 11 is 0. The van der Waals surface area contributed by atoms with Crippen molar-refractivity contribution >= 4 is 10.9 Å². The van der Waals surface area contributed by atoms with Gasteiger partial charge in [-0.1, -0.05) is 48.0 Å². The van der Waals surface area contributed by atoms with Crippen LogP contribution < -0.4 is 5.32 Å². The topological polar surface area (TPSA) is 42.4 Å².